The van der Waals surface area contributed by atoms with Crippen LogP contribution >= 0.6 is 0 Å². The molecule has 3 nitrogen and oxygen atoms in total. The SMILES string of the molecule is C[N+]12CCC(CC1)[C@@H](OC(=O)CC(c1cccc(F)c1)c1cccc(F)c1)C2. The fourth-order valence-corrected chi connectivity index (χ4v) is 4.74. The van der Waals surface area contributed by atoms with Crippen molar-refractivity contribution in [3.63, 3.8) is 0 Å². The Kier molecular flexibility index (Phi) is 5.19. The van der Waals surface area contributed by atoms with Crippen LogP contribution in [0.15, 0.2) is 48.5 Å². The number of piperidine rings is 3. The lowest BCUT2D eigenvalue weighted by atomic mass is 9.83. The van der Waals surface area contributed by atoms with E-state index in [4.69, 9.17) is 4.74 Å². The lowest BCUT2D eigenvalue weighted by molar-refractivity contribution is -0.928. The van der Waals surface area contributed by atoms with Gasteiger partial charge in [-0.2, -0.15) is 0 Å². The molecule has 0 N–H and O–H groups in total. The Hall–Kier alpha value is -2.27. The molecule has 3 fully saturated rings. The highest BCUT2D eigenvalue weighted by Gasteiger charge is 2.45. The second-order valence-corrected chi connectivity index (χ2v) is 8.48. The van der Waals surface area contributed by atoms with E-state index in [1.165, 1.54) is 24.3 Å². The van der Waals surface area contributed by atoms with E-state index in [0.29, 0.717) is 17.0 Å². The standard InChI is InChI=1S/C23H26F2NO2/c1-26-10-8-16(9-11-26)22(15-26)28-23(27)14-21(17-4-2-6-19(24)12-17)18-5-3-7-20(25)13-18/h2-7,12-13,16,21-22H,8-11,14-15H2,1H3/q+1/t16?,22-,26?/m0/s1. The van der Waals surface area contributed by atoms with Gasteiger partial charge in [-0.25, -0.2) is 8.78 Å². The van der Waals surface area contributed by atoms with Crippen LogP contribution in [-0.4, -0.2) is 43.2 Å². The maximum Gasteiger partial charge on any atom is 0.307 e. The molecule has 148 valence electrons. The van der Waals surface area contributed by atoms with Gasteiger partial charge in [-0.05, 0) is 35.4 Å². The lowest BCUT2D eigenvalue weighted by Gasteiger charge is -2.49. The number of ether oxygens (including phenoxy) is 1. The number of hydrogen-bond donors (Lipinski definition) is 0. The van der Waals surface area contributed by atoms with Crippen molar-refractivity contribution in [3.05, 3.63) is 71.3 Å². The van der Waals surface area contributed by atoms with Gasteiger partial charge in [0, 0.05) is 24.7 Å². The third kappa shape index (κ3) is 4.09. The number of halogens is 2. The molecule has 0 radical (unpaired) electrons. The summed E-state index contributed by atoms with van der Waals surface area (Å²) in [5.74, 6) is -1.05. The third-order valence-electron chi connectivity index (χ3n) is 6.38. The first-order valence-electron chi connectivity index (χ1n) is 9.96. The summed E-state index contributed by atoms with van der Waals surface area (Å²) in [6.07, 6.45) is 2.19. The summed E-state index contributed by atoms with van der Waals surface area (Å²) in [4.78, 5) is 12.8. The molecule has 0 unspecified atom stereocenters. The molecule has 1 atom stereocenters. The molecule has 3 aliphatic rings. The minimum Gasteiger partial charge on any atom is -0.456 e. The number of likely N-dealkylation sites (N-methyl/N-ethyl adjacent to an activating group) is 1. The first kappa shape index (κ1) is 19.1. The maximum absolute atomic E-state index is 13.8. The largest absolute Gasteiger partial charge is 0.456 e. The topological polar surface area (TPSA) is 26.3 Å². The molecule has 28 heavy (non-hydrogen) atoms. The summed E-state index contributed by atoms with van der Waals surface area (Å²) in [6, 6.07) is 12.3. The van der Waals surface area contributed by atoms with Crippen LogP contribution in [0, 0.1) is 17.6 Å². The molecular formula is C23H26F2NO2+. The van der Waals surface area contributed by atoms with E-state index in [1.807, 2.05) is 0 Å². The van der Waals surface area contributed by atoms with Crippen molar-refractivity contribution in [2.75, 3.05) is 26.7 Å². The summed E-state index contributed by atoms with van der Waals surface area (Å²) >= 11 is 0. The molecule has 5 heteroatoms. The average molecular weight is 386 g/mol. The molecule has 0 aliphatic carbocycles. The van der Waals surface area contributed by atoms with Crippen molar-refractivity contribution in [1.29, 1.82) is 0 Å². The normalized spacial score (nSPS) is 26.4. The fourth-order valence-electron chi connectivity index (χ4n) is 4.74. The zero-order valence-corrected chi connectivity index (χ0v) is 16.1. The van der Waals surface area contributed by atoms with Gasteiger partial charge in [-0.15, -0.1) is 0 Å². The van der Waals surface area contributed by atoms with Crippen LogP contribution < -0.4 is 0 Å². The molecule has 3 aliphatic heterocycles. The number of benzene rings is 2. The number of esters is 1. The van der Waals surface area contributed by atoms with Crippen molar-refractivity contribution >= 4 is 5.97 Å². The monoisotopic (exact) mass is 386 g/mol. The van der Waals surface area contributed by atoms with Crippen molar-refractivity contribution in [2.45, 2.75) is 31.3 Å². The van der Waals surface area contributed by atoms with Crippen molar-refractivity contribution in [2.24, 2.45) is 5.92 Å². The van der Waals surface area contributed by atoms with E-state index in [2.05, 4.69) is 7.05 Å². The van der Waals surface area contributed by atoms with Crippen molar-refractivity contribution < 1.29 is 22.8 Å². The quantitative estimate of drug-likeness (QED) is 0.567. The van der Waals surface area contributed by atoms with Gasteiger partial charge in [0.1, 0.15) is 18.2 Å². The van der Waals surface area contributed by atoms with Crippen LogP contribution in [0.25, 0.3) is 0 Å². The van der Waals surface area contributed by atoms with E-state index in [1.54, 1.807) is 24.3 Å². The smallest absolute Gasteiger partial charge is 0.307 e. The highest BCUT2D eigenvalue weighted by Crippen LogP contribution is 2.35. The third-order valence-corrected chi connectivity index (χ3v) is 6.38. The van der Waals surface area contributed by atoms with Gasteiger partial charge < -0.3 is 9.22 Å². The molecule has 0 amide bonds. The van der Waals surface area contributed by atoms with Gasteiger partial charge in [0.05, 0.1) is 26.6 Å². The van der Waals surface area contributed by atoms with Gasteiger partial charge in [0.25, 0.3) is 0 Å². The number of carbonyl (C=O) groups is 1. The van der Waals surface area contributed by atoms with Crippen LogP contribution in [0.2, 0.25) is 0 Å². The summed E-state index contributed by atoms with van der Waals surface area (Å²) in [5.41, 5.74) is 1.30. The number of quaternary nitrogens is 1. The predicted molar refractivity (Wildman–Crippen MR) is 103 cm³/mol. The summed E-state index contributed by atoms with van der Waals surface area (Å²) in [5, 5.41) is 0. The van der Waals surface area contributed by atoms with Gasteiger partial charge in [-0.3, -0.25) is 4.79 Å². The predicted octanol–water partition coefficient (Wildman–Crippen LogP) is 4.27. The Morgan fingerprint density at radius 3 is 2.14 bits per heavy atom. The minimum atomic E-state index is -0.440. The average Bonchev–Trinajstić information content (AvgIpc) is 2.66. The molecule has 5 rings (SSSR count). The first-order chi connectivity index (χ1) is 13.4. The Labute approximate surface area is 164 Å². The number of hydrogen-bond acceptors (Lipinski definition) is 2. The van der Waals surface area contributed by atoms with Gasteiger partial charge >= 0.3 is 5.97 Å². The second-order valence-electron chi connectivity index (χ2n) is 8.48. The Morgan fingerprint density at radius 1 is 1.07 bits per heavy atom. The van der Waals surface area contributed by atoms with Crippen LogP contribution in [0.4, 0.5) is 8.78 Å². The molecule has 2 aromatic rings. The van der Waals surface area contributed by atoms with Crippen LogP contribution in [0.3, 0.4) is 0 Å². The zero-order chi connectivity index (χ0) is 19.7. The Morgan fingerprint density at radius 2 is 1.64 bits per heavy atom. The number of fused-ring (bicyclic) bond motifs is 3. The van der Waals surface area contributed by atoms with Crippen molar-refractivity contribution in [3.8, 4) is 0 Å². The molecule has 2 aromatic carbocycles. The summed E-state index contributed by atoms with van der Waals surface area (Å²) in [7, 11) is 2.22. The van der Waals surface area contributed by atoms with Gasteiger partial charge in [0.2, 0.25) is 0 Å². The summed E-state index contributed by atoms with van der Waals surface area (Å²) in [6.45, 7) is 3.16. The molecule has 0 spiro atoms. The molecular weight excluding hydrogens is 360 g/mol. The molecule has 2 bridgehead atoms. The Bertz CT molecular complexity index is 816. The van der Waals surface area contributed by atoms with Gasteiger partial charge in [0.15, 0.2) is 6.10 Å². The Balaban J connectivity index is 1.53. The highest BCUT2D eigenvalue weighted by molar-refractivity contribution is 5.71. The molecule has 0 saturated carbocycles. The fraction of sp³-hybridized carbons (Fsp3) is 0.435. The van der Waals surface area contributed by atoms with E-state index in [0.717, 1.165) is 37.0 Å². The number of carbonyl (C=O) groups excluding carboxylic acids is 1. The molecule has 3 heterocycles. The van der Waals surface area contributed by atoms with Crippen molar-refractivity contribution in [1.82, 2.24) is 0 Å². The lowest BCUT2D eigenvalue weighted by Crippen LogP contribution is -2.62. The van der Waals surface area contributed by atoms with E-state index in [9.17, 15) is 13.6 Å². The molecule has 3 saturated heterocycles. The second kappa shape index (κ2) is 7.63. The van der Waals surface area contributed by atoms with E-state index < -0.39 is 5.92 Å². The maximum atomic E-state index is 13.8. The van der Waals surface area contributed by atoms with E-state index in [-0.39, 0.29) is 30.1 Å². The highest BCUT2D eigenvalue weighted by atomic mass is 19.1. The van der Waals surface area contributed by atoms with E-state index >= 15 is 0 Å². The number of rotatable bonds is 5. The molecule has 0 aromatic heterocycles. The zero-order valence-electron chi connectivity index (χ0n) is 16.1. The van der Waals surface area contributed by atoms with Gasteiger partial charge in [-0.1, -0.05) is 24.3 Å². The van der Waals surface area contributed by atoms with Crippen LogP contribution in [-0.2, 0) is 9.53 Å². The minimum absolute atomic E-state index is 0.0549. The van der Waals surface area contributed by atoms with Crippen LogP contribution in [0.1, 0.15) is 36.3 Å². The van der Waals surface area contributed by atoms with Crippen LogP contribution in [0.5, 0.6) is 0 Å². The summed E-state index contributed by atoms with van der Waals surface area (Å²) < 4.78 is 34.4. The first-order valence-corrected chi connectivity index (χ1v) is 9.96. The number of nitrogens with zero attached hydrogens (tertiary/aromatic N) is 1.